The Kier molecular flexibility index (Phi) is 3.31. The largest absolute Gasteiger partial charge is 0.376 e. The minimum absolute atomic E-state index is 0.0622. The first-order valence-electron chi connectivity index (χ1n) is 6.41. The van der Waals surface area contributed by atoms with Crippen LogP contribution in [0.5, 0.6) is 0 Å². The summed E-state index contributed by atoms with van der Waals surface area (Å²) in [5.74, 6) is 0. The fourth-order valence-corrected chi connectivity index (χ4v) is 2.35. The first-order chi connectivity index (χ1) is 9.25. The van der Waals surface area contributed by atoms with Crippen LogP contribution in [0.15, 0.2) is 29.1 Å². The Labute approximate surface area is 110 Å². The molecule has 0 saturated carbocycles. The van der Waals surface area contributed by atoms with Crippen molar-refractivity contribution in [2.45, 2.75) is 19.6 Å². The molecule has 19 heavy (non-hydrogen) atoms. The van der Waals surface area contributed by atoms with Gasteiger partial charge in [0, 0.05) is 0 Å². The highest BCUT2D eigenvalue weighted by molar-refractivity contribution is 5.74. The van der Waals surface area contributed by atoms with Crippen LogP contribution in [0.3, 0.4) is 0 Å². The summed E-state index contributed by atoms with van der Waals surface area (Å²) in [6.07, 6.45) is -0.0725. The predicted octanol–water partition coefficient (Wildman–Crippen LogP) is 1.12. The molecule has 1 fully saturated rings. The molecule has 2 aromatic rings. The van der Waals surface area contributed by atoms with Crippen LogP contribution in [0.25, 0.3) is 11.0 Å². The van der Waals surface area contributed by atoms with Gasteiger partial charge in [0.1, 0.15) is 5.69 Å². The molecule has 0 spiro atoms. The Balaban J connectivity index is 2.05. The quantitative estimate of drug-likeness (QED) is 0.812. The van der Waals surface area contributed by atoms with Crippen molar-refractivity contribution in [1.29, 1.82) is 0 Å². The molecule has 1 aliphatic heterocycles. The van der Waals surface area contributed by atoms with Crippen molar-refractivity contribution in [1.82, 2.24) is 9.55 Å². The molecule has 1 aromatic carbocycles. The molecule has 0 amide bonds. The first kappa shape index (κ1) is 12.3. The van der Waals surface area contributed by atoms with E-state index in [-0.39, 0.29) is 11.7 Å². The topological polar surface area (TPSA) is 53.4 Å². The zero-order valence-electron chi connectivity index (χ0n) is 10.8. The SMILES string of the molecule is Cc1nc2ccccc2n(C[C@H]2COCCO2)c1=O. The second kappa shape index (κ2) is 5.11. The average Bonchev–Trinajstić information content (AvgIpc) is 2.45. The summed E-state index contributed by atoms with van der Waals surface area (Å²) < 4.78 is 12.7. The van der Waals surface area contributed by atoms with Crippen LogP contribution >= 0.6 is 0 Å². The average molecular weight is 260 g/mol. The monoisotopic (exact) mass is 260 g/mol. The molecule has 1 aliphatic rings. The molecule has 1 aromatic heterocycles. The van der Waals surface area contributed by atoms with E-state index in [4.69, 9.17) is 9.47 Å². The van der Waals surface area contributed by atoms with E-state index in [1.165, 1.54) is 0 Å². The minimum atomic E-state index is -0.0725. The number of aryl methyl sites for hydroxylation is 1. The van der Waals surface area contributed by atoms with Gasteiger partial charge in [-0.2, -0.15) is 0 Å². The second-order valence-corrected chi connectivity index (χ2v) is 4.67. The minimum Gasteiger partial charge on any atom is -0.376 e. The van der Waals surface area contributed by atoms with Gasteiger partial charge in [-0.3, -0.25) is 4.79 Å². The maximum Gasteiger partial charge on any atom is 0.272 e. The summed E-state index contributed by atoms with van der Waals surface area (Å²) in [5.41, 5.74) is 2.12. The standard InChI is InChI=1S/C14H16N2O3/c1-10-14(17)16(8-11-9-18-6-7-19-11)13-5-3-2-4-12(13)15-10/h2-5,11H,6-9H2,1H3/t11-/m0/s1. The lowest BCUT2D eigenvalue weighted by atomic mass is 10.2. The maximum atomic E-state index is 12.3. The van der Waals surface area contributed by atoms with E-state index in [0.717, 1.165) is 11.0 Å². The second-order valence-electron chi connectivity index (χ2n) is 4.67. The Bertz CT molecular complexity index is 645. The first-order valence-corrected chi connectivity index (χ1v) is 6.41. The molecular formula is C14H16N2O3. The highest BCUT2D eigenvalue weighted by Gasteiger charge is 2.17. The van der Waals surface area contributed by atoms with Crippen molar-refractivity contribution in [2.24, 2.45) is 0 Å². The highest BCUT2D eigenvalue weighted by Crippen LogP contribution is 2.12. The third kappa shape index (κ3) is 2.39. The summed E-state index contributed by atoms with van der Waals surface area (Å²) >= 11 is 0. The van der Waals surface area contributed by atoms with Crippen molar-refractivity contribution < 1.29 is 9.47 Å². The Morgan fingerprint density at radius 2 is 2.21 bits per heavy atom. The van der Waals surface area contributed by atoms with Crippen molar-refractivity contribution in [3.63, 3.8) is 0 Å². The van der Waals surface area contributed by atoms with E-state index in [1.807, 2.05) is 24.3 Å². The molecular weight excluding hydrogens is 244 g/mol. The number of hydrogen-bond acceptors (Lipinski definition) is 4. The van der Waals surface area contributed by atoms with Crippen LogP contribution in [0.2, 0.25) is 0 Å². The molecule has 0 radical (unpaired) electrons. The van der Waals surface area contributed by atoms with Crippen molar-refractivity contribution in [3.8, 4) is 0 Å². The van der Waals surface area contributed by atoms with Gasteiger partial charge in [0.05, 0.1) is 43.5 Å². The number of fused-ring (bicyclic) bond motifs is 1. The molecule has 0 N–H and O–H groups in total. The summed E-state index contributed by atoms with van der Waals surface area (Å²) in [4.78, 5) is 16.6. The summed E-state index contributed by atoms with van der Waals surface area (Å²) in [6, 6.07) is 7.65. The number of para-hydroxylation sites is 2. The molecule has 0 aliphatic carbocycles. The van der Waals surface area contributed by atoms with Gasteiger partial charge in [-0.15, -0.1) is 0 Å². The normalized spacial score (nSPS) is 19.7. The van der Waals surface area contributed by atoms with Gasteiger partial charge in [0.2, 0.25) is 0 Å². The Morgan fingerprint density at radius 1 is 1.37 bits per heavy atom. The van der Waals surface area contributed by atoms with E-state index in [9.17, 15) is 4.79 Å². The molecule has 1 saturated heterocycles. The van der Waals surface area contributed by atoms with Crippen LogP contribution < -0.4 is 5.56 Å². The van der Waals surface area contributed by atoms with Crippen molar-refractivity contribution in [2.75, 3.05) is 19.8 Å². The number of nitrogens with zero attached hydrogens (tertiary/aromatic N) is 2. The van der Waals surface area contributed by atoms with Crippen LogP contribution in [0, 0.1) is 6.92 Å². The third-order valence-electron chi connectivity index (χ3n) is 3.29. The van der Waals surface area contributed by atoms with E-state index < -0.39 is 0 Å². The van der Waals surface area contributed by atoms with Gasteiger partial charge < -0.3 is 14.0 Å². The molecule has 0 unspecified atom stereocenters. The van der Waals surface area contributed by atoms with E-state index in [0.29, 0.717) is 32.1 Å². The van der Waals surface area contributed by atoms with Gasteiger partial charge in [-0.25, -0.2) is 4.98 Å². The molecule has 3 rings (SSSR count). The number of rotatable bonds is 2. The lowest BCUT2D eigenvalue weighted by molar-refractivity contribution is -0.0935. The number of aromatic nitrogens is 2. The summed E-state index contributed by atoms with van der Waals surface area (Å²) in [5, 5.41) is 0. The Hall–Kier alpha value is -1.72. The van der Waals surface area contributed by atoms with Crippen LogP contribution in [0.1, 0.15) is 5.69 Å². The third-order valence-corrected chi connectivity index (χ3v) is 3.29. The molecule has 2 heterocycles. The molecule has 5 nitrogen and oxygen atoms in total. The van der Waals surface area contributed by atoms with E-state index >= 15 is 0 Å². The zero-order valence-corrected chi connectivity index (χ0v) is 10.8. The van der Waals surface area contributed by atoms with Crippen LogP contribution in [-0.2, 0) is 16.0 Å². The van der Waals surface area contributed by atoms with Gasteiger partial charge in [-0.05, 0) is 19.1 Å². The van der Waals surface area contributed by atoms with Crippen LogP contribution in [-0.4, -0.2) is 35.5 Å². The molecule has 1 atom stereocenters. The fourth-order valence-electron chi connectivity index (χ4n) is 2.35. The van der Waals surface area contributed by atoms with Gasteiger partial charge in [0.25, 0.3) is 5.56 Å². The van der Waals surface area contributed by atoms with Crippen molar-refractivity contribution >= 4 is 11.0 Å². The fraction of sp³-hybridized carbons (Fsp3) is 0.429. The lowest BCUT2D eigenvalue weighted by Gasteiger charge is -2.24. The zero-order chi connectivity index (χ0) is 13.2. The summed E-state index contributed by atoms with van der Waals surface area (Å²) in [6.45, 7) is 3.98. The smallest absolute Gasteiger partial charge is 0.272 e. The van der Waals surface area contributed by atoms with Gasteiger partial charge >= 0.3 is 0 Å². The number of hydrogen-bond donors (Lipinski definition) is 0. The van der Waals surface area contributed by atoms with Gasteiger partial charge in [-0.1, -0.05) is 12.1 Å². The lowest BCUT2D eigenvalue weighted by Crippen LogP contribution is -2.36. The van der Waals surface area contributed by atoms with E-state index in [1.54, 1.807) is 11.5 Å². The number of benzene rings is 1. The van der Waals surface area contributed by atoms with Crippen molar-refractivity contribution in [3.05, 3.63) is 40.3 Å². The van der Waals surface area contributed by atoms with E-state index in [2.05, 4.69) is 4.98 Å². The maximum absolute atomic E-state index is 12.3. The predicted molar refractivity (Wildman–Crippen MR) is 71.3 cm³/mol. The van der Waals surface area contributed by atoms with Gasteiger partial charge in [0.15, 0.2) is 0 Å². The number of ether oxygens (including phenoxy) is 2. The molecule has 5 heteroatoms. The highest BCUT2D eigenvalue weighted by atomic mass is 16.6. The molecule has 0 bridgehead atoms. The molecule has 100 valence electrons. The van der Waals surface area contributed by atoms with Crippen LogP contribution in [0.4, 0.5) is 0 Å². The summed E-state index contributed by atoms with van der Waals surface area (Å²) in [7, 11) is 0. The Morgan fingerprint density at radius 3 is 3.00 bits per heavy atom.